The van der Waals surface area contributed by atoms with Crippen molar-refractivity contribution in [2.75, 3.05) is 38.5 Å². The Kier molecular flexibility index (Phi) is 7.33. The summed E-state index contributed by atoms with van der Waals surface area (Å²) in [5.74, 6) is -0.732. The summed E-state index contributed by atoms with van der Waals surface area (Å²) >= 11 is 0. The smallest absolute Gasteiger partial charge is 0.332 e. The number of aromatic nitrogens is 2. The number of hydrogen-bond acceptors (Lipinski definition) is 9. The number of non-ortho nitro benzene ring substituents is 1. The second-order valence-electron chi connectivity index (χ2n) is 7.92. The Balaban J connectivity index is 1.74. The highest BCUT2D eigenvalue weighted by Crippen LogP contribution is 2.22. The minimum atomic E-state index is -3.95. The normalized spacial score (nSPS) is 15.4. The highest BCUT2D eigenvalue weighted by molar-refractivity contribution is 7.89. The van der Waals surface area contributed by atoms with Crippen molar-refractivity contribution in [3.05, 3.63) is 60.8 Å². The van der Waals surface area contributed by atoms with Crippen molar-refractivity contribution in [3.63, 3.8) is 0 Å². The van der Waals surface area contributed by atoms with Crippen LogP contribution in [0.3, 0.4) is 0 Å². The van der Waals surface area contributed by atoms with Crippen LogP contribution in [-0.2, 0) is 23.6 Å². The van der Waals surface area contributed by atoms with Crippen LogP contribution in [0.1, 0.15) is 23.7 Å². The molecular formula is C20H26N6O7S. The Labute approximate surface area is 195 Å². The summed E-state index contributed by atoms with van der Waals surface area (Å²) in [5, 5.41) is 11.0. The minimum absolute atomic E-state index is 0.0567. The van der Waals surface area contributed by atoms with E-state index in [0.29, 0.717) is 6.42 Å². The lowest BCUT2D eigenvalue weighted by Gasteiger charge is -2.33. The highest BCUT2D eigenvalue weighted by Gasteiger charge is 2.31. The van der Waals surface area contributed by atoms with Gasteiger partial charge in [-0.15, -0.1) is 0 Å². The third-order valence-corrected chi connectivity index (χ3v) is 7.57. The summed E-state index contributed by atoms with van der Waals surface area (Å²) < 4.78 is 29.0. The summed E-state index contributed by atoms with van der Waals surface area (Å²) in [7, 11) is -2.67. The average Bonchev–Trinajstić information content (AvgIpc) is 2.81. The first-order valence-electron chi connectivity index (χ1n) is 10.6. The van der Waals surface area contributed by atoms with E-state index in [0.717, 1.165) is 10.6 Å². The van der Waals surface area contributed by atoms with E-state index in [2.05, 4.69) is 0 Å². The van der Waals surface area contributed by atoms with Gasteiger partial charge in [0.2, 0.25) is 10.0 Å². The van der Waals surface area contributed by atoms with Gasteiger partial charge in [0.05, 0.1) is 16.4 Å². The van der Waals surface area contributed by atoms with Crippen LogP contribution in [0.5, 0.6) is 0 Å². The number of carbonyl (C=O) groups is 1. The van der Waals surface area contributed by atoms with Gasteiger partial charge >= 0.3 is 5.69 Å². The van der Waals surface area contributed by atoms with Crippen LogP contribution in [0.15, 0.2) is 38.8 Å². The summed E-state index contributed by atoms with van der Waals surface area (Å²) in [6.07, 6.45) is 0.580. The number of nitro groups is 1. The first-order chi connectivity index (χ1) is 16.0. The highest BCUT2D eigenvalue weighted by atomic mass is 32.2. The van der Waals surface area contributed by atoms with E-state index in [-0.39, 0.29) is 61.2 Å². The molecule has 2 aromatic rings. The Bertz CT molecular complexity index is 1340. The molecule has 14 heteroatoms. The first kappa shape index (κ1) is 25.3. The van der Waals surface area contributed by atoms with Crippen molar-refractivity contribution in [2.45, 2.75) is 24.8 Å². The van der Waals surface area contributed by atoms with Gasteiger partial charge in [-0.3, -0.25) is 33.7 Å². The topological polar surface area (TPSA) is 171 Å². The summed E-state index contributed by atoms with van der Waals surface area (Å²) in [6.45, 7) is 2.44. The molecule has 184 valence electrons. The second-order valence-corrected chi connectivity index (χ2v) is 9.85. The number of nitrogens with two attached hydrogens (primary N) is 1. The molecule has 0 unspecified atom stereocenters. The molecule has 0 atom stereocenters. The zero-order valence-electron chi connectivity index (χ0n) is 18.8. The Morgan fingerprint density at radius 3 is 2.41 bits per heavy atom. The van der Waals surface area contributed by atoms with Gasteiger partial charge in [0.1, 0.15) is 11.4 Å². The van der Waals surface area contributed by atoms with E-state index in [1.165, 1.54) is 34.1 Å². The number of nitrogens with zero attached hydrogens (tertiary/aromatic N) is 5. The van der Waals surface area contributed by atoms with Gasteiger partial charge < -0.3 is 5.73 Å². The molecule has 1 aromatic heterocycles. The molecule has 0 aliphatic carbocycles. The van der Waals surface area contributed by atoms with Gasteiger partial charge in [-0.25, -0.2) is 13.2 Å². The number of nitrogen functional groups attached to an aromatic ring is 1. The number of rotatable bonds is 8. The number of sulfonamides is 1. The maximum Gasteiger partial charge on any atom is 0.332 e. The lowest BCUT2D eigenvalue weighted by Crippen LogP contribution is -2.50. The third-order valence-electron chi connectivity index (χ3n) is 5.67. The molecule has 3 rings (SSSR count). The van der Waals surface area contributed by atoms with E-state index in [1.54, 1.807) is 4.90 Å². The van der Waals surface area contributed by atoms with Crippen LogP contribution < -0.4 is 17.0 Å². The Morgan fingerprint density at radius 2 is 1.82 bits per heavy atom. The number of benzene rings is 1. The molecule has 2 heterocycles. The molecule has 0 spiro atoms. The quantitative estimate of drug-likeness (QED) is 0.292. The zero-order valence-corrected chi connectivity index (χ0v) is 19.7. The number of Topliss-reactive ketones (excluding diaryl/α,β-unsaturated/α-hetero) is 1. The molecule has 0 radical (unpaired) electrons. The average molecular weight is 495 g/mol. The van der Waals surface area contributed by atoms with Gasteiger partial charge in [-0.2, -0.15) is 4.31 Å². The molecule has 1 aliphatic rings. The molecule has 0 saturated carbocycles. The maximum absolute atomic E-state index is 12.9. The van der Waals surface area contributed by atoms with Crippen LogP contribution in [-0.4, -0.2) is 70.2 Å². The largest absolute Gasteiger partial charge is 0.384 e. The van der Waals surface area contributed by atoms with Gasteiger partial charge in [0.15, 0.2) is 5.78 Å². The van der Waals surface area contributed by atoms with E-state index >= 15 is 0 Å². The predicted octanol–water partition coefficient (Wildman–Crippen LogP) is -0.363. The van der Waals surface area contributed by atoms with E-state index in [1.807, 2.05) is 6.92 Å². The molecule has 0 amide bonds. The van der Waals surface area contributed by atoms with Gasteiger partial charge in [0, 0.05) is 51.9 Å². The van der Waals surface area contributed by atoms with E-state index in [4.69, 9.17) is 5.73 Å². The fourth-order valence-corrected chi connectivity index (χ4v) is 5.26. The van der Waals surface area contributed by atoms with Gasteiger partial charge in [-0.05, 0) is 12.5 Å². The van der Waals surface area contributed by atoms with Crippen molar-refractivity contribution >= 4 is 27.3 Å². The zero-order chi connectivity index (χ0) is 25.2. The molecular weight excluding hydrogens is 468 g/mol. The lowest BCUT2D eigenvalue weighted by molar-refractivity contribution is -0.385. The van der Waals surface area contributed by atoms with Crippen molar-refractivity contribution in [1.29, 1.82) is 0 Å². The SMILES string of the molecule is CCCn1c(N)c(C(=O)CN2CCN(S(=O)(=O)c3cccc([N+](=O)[O-])c3)CC2)c(=O)n(C)c1=O. The third kappa shape index (κ3) is 4.78. The van der Waals surface area contributed by atoms with Crippen molar-refractivity contribution in [3.8, 4) is 0 Å². The number of nitro benzene ring substituents is 1. The molecule has 0 bridgehead atoms. The van der Waals surface area contributed by atoms with Crippen LogP contribution in [0.4, 0.5) is 11.5 Å². The Morgan fingerprint density at radius 1 is 1.18 bits per heavy atom. The molecule has 13 nitrogen and oxygen atoms in total. The molecule has 1 aromatic carbocycles. The number of carbonyl (C=O) groups excluding carboxylic acids is 1. The maximum atomic E-state index is 12.9. The van der Waals surface area contributed by atoms with Crippen LogP contribution >= 0.6 is 0 Å². The van der Waals surface area contributed by atoms with Crippen molar-refractivity contribution < 1.29 is 18.1 Å². The number of anilines is 1. The van der Waals surface area contributed by atoms with Gasteiger partial charge in [0.25, 0.3) is 11.2 Å². The second kappa shape index (κ2) is 9.87. The molecule has 1 saturated heterocycles. The number of ketones is 1. The minimum Gasteiger partial charge on any atom is -0.384 e. The summed E-state index contributed by atoms with van der Waals surface area (Å²) in [5.41, 5.74) is 4.04. The Hall–Kier alpha value is -3.36. The fourth-order valence-electron chi connectivity index (χ4n) is 3.80. The van der Waals surface area contributed by atoms with E-state index in [9.17, 15) is 32.9 Å². The van der Waals surface area contributed by atoms with Crippen LogP contribution in [0.2, 0.25) is 0 Å². The molecule has 2 N–H and O–H groups in total. The standard InChI is InChI=1S/C20H26N6O7S/c1-3-7-25-18(21)17(19(28)22(2)20(25)29)16(27)13-23-8-10-24(11-9-23)34(32,33)15-6-4-5-14(12-15)26(30)31/h4-6,12H,3,7-11,13,21H2,1-2H3. The summed E-state index contributed by atoms with van der Waals surface area (Å²) in [4.78, 5) is 49.6. The lowest BCUT2D eigenvalue weighted by atomic mass is 10.1. The van der Waals surface area contributed by atoms with Crippen LogP contribution in [0, 0.1) is 10.1 Å². The van der Waals surface area contributed by atoms with Crippen molar-refractivity contribution in [2.24, 2.45) is 7.05 Å². The fraction of sp³-hybridized carbons (Fsp3) is 0.450. The van der Waals surface area contributed by atoms with Crippen molar-refractivity contribution in [1.82, 2.24) is 18.3 Å². The number of hydrogen-bond donors (Lipinski definition) is 1. The summed E-state index contributed by atoms with van der Waals surface area (Å²) in [6, 6.07) is 4.82. The van der Waals surface area contributed by atoms with E-state index < -0.39 is 32.0 Å². The molecule has 34 heavy (non-hydrogen) atoms. The molecule has 1 fully saturated rings. The monoisotopic (exact) mass is 494 g/mol. The number of piperazine rings is 1. The first-order valence-corrected chi connectivity index (χ1v) is 12.0. The van der Waals surface area contributed by atoms with Gasteiger partial charge in [-0.1, -0.05) is 13.0 Å². The predicted molar refractivity (Wildman–Crippen MR) is 123 cm³/mol. The molecule has 1 aliphatic heterocycles. The van der Waals surface area contributed by atoms with Crippen LogP contribution in [0.25, 0.3) is 0 Å².